The monoisotopic (exact) mass is 259 g/mol. The molecule has 78 valence electrons. The van der Waals surface area contributed by atoms with Crippen LogP contribution in [0.15, 0.2) is 30.3 Å². The zero-order valence-corrected chi connectivity index (χ0v) is 9.43. The SMILES string of the molecule is Br.N[C@H](CC(=O)O)Cc1ccccc1. The van der Waals surface area contributed by atoms with Crippen LogP contribution in [0.5, 0.6) is 0 Å². The minimum atomic E-state index is -0.844. The van der Waals surface area contributed by atoms with E-state index in [0.29, 0.717) is 6.42 Å². The van der Waals surface area contributed by atoms with Gasteiger partial charge in [-0.25, -0.2) is 0 Å². The number of hydrogen-bond acceptors (Lipinski definition) is 2. The first-order valence-corrected chi connectivity index (χ1v) is 4.20. The van der Waals surface area contributed by atoms with E-state index >= 15 is 0 Å². The smallest absolute Gasteiger partial charge is 0.304 e. The number of aliphatic carboxylic acids is 1. The number of benzene rings is 1. The molecule has 0 bridgehead atoms. The van der Waals surface area contributed by atoms with E-state index in [1.54, 1.807) is 0 Å². The van der Waals surface area contributed by atoms with Crippen LogP contribution in [0, 0.1) is 0 Å². The van der Waals surface area contributed by atoms with Crippen molar-refractivity contribution in [1.29, 1.82) is 0 Å². The number of rotatable bonds is 4. The Morgan fingerprint density at radius 1 is 1.36 bits per heavy atom. The van der Waals surface area contributed by atoms with E-state index < -0.39 is 5.97 Å². The van der Waals surface area contributed by atoms with Crippen LogP contribution in [0.1, 0.15) is 12.0 Å². The van der Waals surface area contributed by atoms with Crippen LogP contribution in [0.2, 0.25) is 0 Å². The van der Waals surface area contributed by atoms with Crippen molar-refractivity contribution in [3.8, 4) is 0 Å². The zero-order chi connectivity index (χ0) is 9.68. The Morgan fingerprint density at radius 3 is 2.43 bits per heavy atom. The van der Waals surface area contributed by atoms with Crippen LogP contribution in [0.3, 0.4) is 0 Å². The van der Waals surface area contributed by atoms with E-state index in [0.717, 1.165) is 5.56 Å². The lowest BCUT2D eigenvalue weighted by molar-refractivity contribution is -0.137. The fraction of sp³-hybridized carbons (Fsp3) is 0.300. The van der Waals surface area contributed by atoms with E-state index in [1.165, 1.54) is 0 Å². The second kappa shape index (κ2) is 6.56. The number of carbonyl (C=O) groups is 1. The number of carboxylic acid groups (broad SMARTS) is 1. The largest absolute Gasteiger partial charge is 0.481 e. The predicted molar refractivity (Wildman–Crippen MR) is 60.7 cm³/mol. The van der Waals surface area contributed by atoms with Gasteiger partial charge in [-0.05, 0) is 12.0 Å². The molecule has 0 unspecified atom stereocenters. The Bertz CT molecular complexity index is 277. The maximum absolute atomic E-state index is 10.3. The third kappa shape index (κ3) is 4.99. The minimum absolute atomic E-state index is 0. The predicted octanol–water partition coefficient (Wildman–Crippen LogP) is 1.61. The lowest BCUT2D eigenvalue weighted by Gasteiger charge is -2.07. The molecule has 0 saturated carbocycles. The van der Waals surface area contributed by atoms with Crippen molar-refractivity contribution in [3.63, 3.8) is 0 Å². The topological polar surface area (TPSA) is 63.3 Å². The minimum Gasteiger partial charge on any atom is -0.481 e. The van der Waals surface area contributed by atoms with E-state index in [-0.39, 0.29) is 29.4 Å². The van der Waals surface area contributed by atoms with Crippen molar-refractivity contribution >= 4 is 23.0 Å². The summed E-state index contributed by atoms with van der Waals surface area (Å²) in [6.07, 6.45) is 0.641. The van der Waals surface area contributed by atoms with Gasteiger partial charge in [0.15, 0.2) is 0 Å². The van der Waals surface area contributed by atoms with Crippen LogP contribution < -0.4 is 5.73 Å². The molecule has 0 spiro atoms. The van der Waals surface area contributed by atoms with Gasteiger partial charge in [-0.1, -0.05) is 30.3 Å². The van der Waals surface area contributed by atoms with Crippen molar-refractivity contribution < 1.29 is 9.90 Å². The third-order valence-corrected chi connectivity index (χ3v) is 1.78. The summed E-state index contributed by atoms with van der Waals surface area (Å²) < 4.78 is 0. The molecule has 0 aliphatic carbocycles. The first-order valence-electron chi connectivity index (χ1n) is 4.20. The number of hydrogen-bond donors (Lipinski definition) is 2. The highest BCUT2D eigenvalue weighted by atomic mass is 79.9. The Kier molecular flexibility index (Phi) is 6.16. The quantitative estimate of drug-likeness (QED) is 0.864. The molecule has 3 N–H and O–H groups in total. The van der Waals surface area contributed by atoms with Crippen LogP contribution in [-0.2, 0) is 11.2 Å². The molecule has 14 heavy (non-hydrogen) atoms. The Morgan fingerprint density at radius 2 is 1.93 bits per heavy atom. The fourth-order valence-corrected chi connectivity index (χ4v) is 1.21. The number of nitrogens with two attached hydrogens (primary N) is 1. The second-order valence-corrected chi connectivity index (χ2v) is 3.05. The van der Waals surface area contributed by atoms with Crippen molar-refractivity contribution in [3.05, 3.63) is 35.9 Å². The molecule has 0 saturated heterocycles. The molecular weight excluding hydrogens is 246 g/mol. The lowest BCUT2D eigenvalue weighted by Crippen LogP contribution is -2.25. The molecule has 3 nitrogen and oxygen atoms in total. The molecule has 1 aromatic rings. The average molecular weight is 260 g/mol. The highest BCUT2D eigenvalue weighted by molar-refractivity contribution is 8.93. The van der Waals surface area contributed by atoms with Gasteiger partial charge in [0.2, 0.25) is 0 Å². The lowest BCUT2D eigenvalue weighted by atomic mass is 10.0. The van der Waals surface area contributed by atoms with Gasteiger partial charge in [0.1, 0.15) is 0 Å². The van der Waals surface area contributed by atoms with Gasteiger partial charge in [-0.15, -0.1) is 17.0 Å². The van der Waals surface area contributed by atoms with Gasteiger partial charge in [0.25, 0.3) is 0 Å². The average Bonchev–Trinajstić information content (AvgIpc) is 2.04. The molecule has 0 aromatic heterocycles. The summed E-state index contributed by atoms with van der Waals surface area (Å²) in [5.74, 6) is -0.844. The zero-order valence-electron chi connectivity index (χ0n) is 7.72. The van der Waals surface area contributed by atoms with Gasteiger partial charge in [0, 0.05) is 6.04 Å². The summed E-state index contributed by atoms with van der Waals surface area (Å²) in [6, 6.07) is 9.36. The van der Waals surface area contributed by atoms with Gasteiger partial charge in [0.05, 0.1) is 6.42 Å². The molecule has 0 fully saturated rings. The second-order valence-electron chi connectivity index (χ2n) is 3.05. The first-order chi connectivity index (χ1) is 6.18. The Hall–Kier alpha value is -0.870. The molecule has 0 heterocycles. The highest BCUT2D eigenvalue weighted by Crippen LogP contribution is 2.03. The van der Waals surface area contributed by atoms with Gasteiger partial charge in [-0.3, -0.25) is 4.79 Å². The van der Waals surface area contributed by atoms with Crippen LogP contribution in [0.4, 0.5) is 0 Å². The summed E-state index contributed by atoms with van der Waals surface area (Å²) in [5, 5.41) is 8.48. The van der Waals surface area contributed by atoms with Gasteiger partial charge in [-0.2, -0.15) is 0 Å². The van der Waals surface area contributed by atoms with Gasteiger partial charge >= 0.3 is 5.97 Å². The van der Waals surface area contributed by atoms with Gasteiger partial charge < -0.3 is 10.8 Å². The summed E-state index contributed by atoms with van der Waals surface area (Å²) in [6.45, 7) is 0. The first kappa shape index (κ1) is 13.1. The van der Waals surface area contributed by atoms with Crippen LogP contribution >= 0.6 is 17.0 Å². The van der Waals surface area contributed by atoms with Crippen LogP contribution in [0.25, 0.3) is 0 Å². The number of carboxylic acids is 1. The maximum atomic E-state index is 10.3. The molecule has 1 aromatic carbocycles. The summed E-state index contributed by atoms with van der Waals surface area (Å²) in [4.78, 5) is 10.3. The van der Waals surface area contributed by atoms with E-state index in [9.17, 15) is 4.79 Å². The molecule has 0 aliphatic rings. The standard InChI is InChI=1S/C10H13NO2.BrH/c11-9(7-10(12)13)6-8-4-2-1-3-5-8;/h1-5,9H,6-7,11H2,(H,12,13);1H/t9-;/m0./s1. The molecular formula is C10H14BrNO2. The normalized spacial score (nSPS) is 11.5. The molecule has 0 amide bonds. The fourth-order valence-electron chi connectivity index (χ4n) is 1.21. The maximum Gasteiger partial charge on any atom is 0.304 e. The van der Waals surface area contributed by atoms with E-state index in [2.05, 4.69) is 0 Å². The molecule has 1 atom stereocenters. The van der Waals surface area contributed by atoms with Crippen LogP contribution in [-0.4, -0.2) is 17.1 Å². The van der Waals surface area contributed by atoms with E-state index in [1.807, 2.05) is 30.3 Å². The summed E-state index contributed by atoms with van der Waals surface area (Å²) in [5.41, 5.74) is 6.71. The van der Waals surface area contributed by atoms with Crippen molar-refractivity contribution in [2.24, 2.45) is 5.73 Å². The van der Waals surface area contributed by atoms with Crippen molar-refractivity contribution in [2.45, 2.75) is 18.9 Å². The summed E-state index contributed by atoms with van der Waals surface area (Å²) in [7, 11) is 0. The Balaban J connectivity index is 0.00000169. The molecule has 1 rings (SSSR count). The highest BCUT2D eigenvalue weighted by Gasteiger charge is 2.07. The molecule has 4 heteroatoms. The Labute approximate surface area is 93.7 Å². The summed E-state index contributed by atoms with van der Waals surface area (Å²) >= 11 is 0. The van der Waals surface area contributed by atoms with Crippen molar-refractivity contribution in [2.75, 3.05) is 0 Å². The molecule has 0 radical (unpaired) electrons. The third-order valence-electron chi connectivity index (χ3n) is 1.78. The van der Waals surface area contributed by atoms with E-state index in [4.69, 9.17) is 10.8 Å². The molecule has 0 aliphatic heterocycles. The number of halogens is 1. The van der Waals surface area contributed by atoms with Crippen molar-refractivity contribution in [1.82, 2.24) is 0 Å².